The predicted molar refractivity (Wildman–Crippen MR) is 85.3 cm³/mol. The maximum atomic E-state index is 12.8. The van der Waals surface area contributed by atoms with Crippen LogP contribution in [0.25, 0.3) is 0 Å². The number of carbonyl (C=O) groups excluding carboxylic acids is 2. The molecule has 0 aromatic heterocycles. The molecule has 0 spiro atoms. The molecule has 3 rings (SSSR count). The van der Waals surface area contributed by atoms with Gasteiger partial charge in [0, 0.05) is 31.7 Å². The van der Waals surface area contributed by atoms with Gasteiger partial charge < -0.3 is 24.8 Å². The van der Waals surface area contributed by atoms with Crippen molar-refractivity contribution in [3.63, 3.8) is 0 Å². The molecule has 2 fully saturated rings. The van der Waals surface area contributed by atoms with E-state index in [2.05, 4.69) is 0 Å². The molecule has 8 heteroatoms. The monoisotopic (exact) mass is 335 g/mol. The zero-order valence-corrected chi connectivity index (χ0v) is 13.6. The molecule has 2 saturated heterocycles. The molecule has 0 saturated carbocycles. The Hall–Kier alpha value is -2.48. The van der Waals surface area contributed by atoms with Crippen molar-refractivity contribution >= 4 is 12.0 Å². The number of hydrogen-bond donors (Lipinski definition) is 1. The van der Waals surface area contributed by atoms with Gasteiger partial charge in [-0.15, -0.1) is 0 Å². The van der Waals surface area contributed by atoms with E-state index in [4.69, 9.17) is 19.9 Å². The Labute approximate surface area is 140 Å². The van der Waals surface area contributed by atoms with Crippen molar-refractivity contribution in [2.45, 2.75) is 6.04 Å². The number of hydrogen-bond acceptors (Lipinski definition) is 6. The maximum Gasteiger partial charge on any atom is 0.410 e. The van der Waals surface area contributed by atoms with Crippen LogP contribution >= 0.6 is 0 Å². The van der Waals surface area contributed by atoms with E-state index in [0.717, 1.165) is 0 Å². The number of piperazine rings is 1. The minimum Gasteiger partial charge on any atom is -0.493 e. The SMILES string of the molecule is COc1ccc(C(=O)N2CCN3C(=O)OC[C@H]3C2)cc1OCCN. The second-order valence-corrected chi connectivity index (χ2v) is 5.68. The average molecular weight is 335 g/mol. The van der Waals surface area contributed by atoms with E-state index in [0.29, 0.717) is 56.5 Å². The normalized spacial score (nSPS) is 19.8. The van der Waals surface area contributed by atoms with Crippen LogP contribution in [0, 0.1) is 0 Å². The molecule has 1 aromatic carbocycles. The first kappa shape index (κ1) is 16.4. The highest BCUT2D eigenvalue weighted by molar-refractivity contribution is 5.95. The van der Waals surface area contributed by atoms with Crippen LogP contribution < -0.4 is 15.2 Å². The van der Waals surface area contributed by atoms with E-state index < -0.39 is 0 Å². The highest BCUT2D eigenvalue weighted by Gasteiger charge is 2.38. The fourth-order valence-corrected chi connectivity index (χ4v) is 2.95. The quantitative estimate of drug-likeness (QED) is 0.832. The van der Waals surface area contributed by atoms with Crippen molar-refractivity contribution in [2.75, 3.05) is 46.5 Å². The largest absolute Gasteiger partial charge is 0.493 e. The molecule has 2 aliphatic rings. The Morgan fingerprint density at radius 1 is 1.38 bits per heavy atom. The van der Waals surface area contributed by atoms with Gasteiger partial charge in [0.25, 0.3) is 5.91 Å². The molecule has 2 N–H and O–H groups in total. The van der Waals surface area contributed by atoms with Crippen LogP contribution in [0.4, 0.5) is 4.79 Å². The molecular formula is C16H21N3O5. The van der Waals surface area contributed by atoms with Crippen molar-refractivity contribution in [2.24, 2.45) is 5.73 Å². The number of fused-ring (bicyclic) bond motifs is 1. The summed E-state index contributed by atoms with van der Waals surface area (Å²) in [5, 5.41) is 0. The number of ether oxygens (including phenoxy) is 3. The van der Waals surface area contributed by atoms with Crippen LogP contribution in [0.5, 0.6) is 11.5 Å². The Kier molecular flexibility index (Phi) is 4.75. The second-order valence-electron chi connectivity index (χ2n) is 5.68. The number of nitrogens with two attached hydrogens (primary N) is 1. The predicted octanol–water partition coefficient (Wildman–Crippen LogP) is 0.309. The Morgan fingerprint density at radius 2 is 2.21 bits per heavy atom. The number of amides is 2. The summed E-state index contributed by atoms with van der Waals surface area (Å²) in [6.07, 6.45) is -0.297. The number of cyclic esters (lactones) is 1. The lowest BCUT2D eigenvalue weighted by Crippen LogP contribution is -2.53. The van der Waals surface area contributed by atoms with Crippen LogP contribution in [0.15, 0.2) is 18.2 Å². The molecule has 1 atom stereocenters. The van der Waals surface area contributed by atoms with Gasteiger partial charge in [0.05, 0.1) is 13.2 Å². The molecule has 2 aliphatic heterocycles. The van der Waals surface area contributed by atoms with E-state index in [1.165, 1.54) is 0 Å². The molecule has 2 amide bonds. The summed E-state index contributed by atoms with van der Waals surface area (Å²) in [4.78, 5) is 27.7. The lowest BCUT2D eigenvalue weighted by Gasteiger charge is -2.35. The molecule has 0 radical (unpaired) electrons. The summed E-state index contributed by atoms with van der Waals surface area (Å²) in [5.74, 6) is 0.945. The number of rotatable bonds is 5. The molecule has 0 unspecified atom stereocenters. The third-order valence-electron chi connectivity index (χ3n) is 4.19. The molecular weight excluding hydrogens is 314 g/mol. The van der Waals surface area contributed by atoms with Crippen molar-refractivity contribution in [1.82, 2.24) is 9.80 Å². The van der Waals surface area contributed by atoms with Gasteiger partial charge >= 0.3 is 6.09 Å². The minimum absolute atomic E-state index is 0.0681. The summed E-state index contributed by atoms with van der Waals surface area (Å²) >= 11 is 0. The van der Waals surface area contributed by atoms with Crippen molar-refractivity contribution < 1.29 is 23.8 Å². The van der Waals surface area contributed by atoms with Crippen LogP contribution in [-0.2, 0) is 4.74 Å². The van der Waals surface area contributed by atoms with Gasteiger partial charge in [0.2, 0.25) is 0 Å². The summed E-state index contributed by atoms with van der Waals surface area (Å²) < 4.78 is 15.8. The van der Waals surface area contributed by atoms with E-state index in [9.17, 15) is 9.59 Å². The number of carbonyl (C=O) groups is 2. The summed E-state index contributed by atoms with van der Waals surface area (Å²) in [6, 6.07) is 5.01. The van der Waals surface area contributed by atoms with Crippen molar-refractivity contribution in [3.05, 3.63) is 23.8 Å². The lowest BCUT2D eigenvalue weighted by atomic mass is 10.1. The van der Waals surface area contributed by atoms with Gasteiger partial charge in [-0.2, -0.15) is 0 Å². The van der Waals surface area contributed by atoms with E-state index in [-0.39, 0.29) is 18.0 Å². The molecule has 0 aliphatic carbocycles. The van der Waals surface area contributed by atoms with E-state index in [1.807, 2.05) is 0 Å². The van der Waals surface area contributed by atoms with Crippen molar-refractivity contribution in [3.8, 4) is 11.5 Å². The van der Waals surface area contributed by atoms with Crippen LogP contribution in [0.1, 0.15) is 10.4 Å². The highest BCUT2D eigenvalue weighted by atomic mass is 16.6. The molecule has 2 heterocycles. The van der Waals surface area contributed by atoms with E-state index >= 15 is 0 Å². The zero-order valence-electron chi connectivity index (χ0n) is 13.6. The van der Waals surface area contributed by atoms with Crippen LogP contribution in [0.2, 0.25) is 0 Å². The minimum atomic E-state index is -0.297. The van der Waals surface area contributed by atoms with Gasteiger partial charge in [-0.1, -0.05) is 0 Å². The molecule has 0 bridgehead atoms. The molecule has 24 heavy (non-hydrogen) atoms. The average Bonchev–Trinajstić information content (AvgIpc) is 2.99. The van der Waals surface area contributed by atoms with Crippen LogP contribution in [0.3, 0.4) is 0 Å². The first-order valence-electron chi connectivity index (χ1n) is 7.87. The first-order chi connectivity index (χ1) is 11.6. The third-order valence-corrected chi connectivity index (χ3v) is 4.19. The topological polar surface area (TPSA) is 94.3 Å². The Balaban J connectivity index is 1.74. The van der Waals surface area contributed by atoms with Gasteiger partial charge in [0.1, 0.15) is 13.2 Å². The van der Waals surface area contributed by atoms with Crippen molar-refractivity contribution in [1.29, 1.82) is 0 Å². The Morgan fingerprint density at radius 3 is 2.96 bits per heavy atom. The molecule has 8 nitrogen and oxygen atoms in total. The number of methoxy groups -OCH3 is 1. The smallest absolute Gasteiger partial charge is 0.410 e. The standard InChI is InChI=1S/C16H21N3O5/c1-22-13-3-2-11(8-14(13)23-7-4-17)15(20)18-5-6-19-12(9-18)10-24-16(19)21/h2-3,8,12H,4-7,9-10,17H2,1H3/t12-/m1/s1. The summed E-state index contributed by atoms with van der Waals surface area (Å²) in [5.41, 5.74) is 5.97. The van der Waals surface area contributed by atoms with Crippen LogP contribution in [-0.4, -0.2) is 74.3 Å². The fourth-order valence-electron chi connectivity index (χ4n) is 2.95. The van der Waals surface area contributed by atoms with Gasteiger partial charge in [-0.25, -0.2) is 4.79 Å². The number of benzene rings is 1. The Bertz CT molecular complexity index is 636. The summed E-state index contributed by atoms with van der Waals surface area (Å²) in [6.45, 7) is 2.48. The molecule has 130 valence electrons. The summed E-state index contributed by atoms with van der Waals surface area (Å²) in [7, 11) is 1.54. The fraction of sp³-hybridized carbons (Fsp3) is 0.500. The number of nitrogens with zero attached hydrogens (tertiary/aromatic N) is 2. The maximum absolute atomic E-state index is 12.8. The molecule has 1 aromatic rings. The van der Waals surface area contributed by atoms with E-state index in [1.54, 1.807) is 35.1 Å². The van der Waals surface area contributed by atoms with Gasteiger partial charge in [0.15, 0.2) is 11.5 Å². The highest BCUT2D eigenvalue weighted by Crippen LogP contribution is 2.29. The zero-order chi connectivity index (χ0) is 17.1. The second kappa shape index (κ2) is 6.96. The van der Waals surface area contributed by atoms with Gasteiger partial charge in [-0.05, 0) is 18.2 Å². The first-order valence-corrected chi connectivity index (χ1v) is 7.87. The van der Waals surface area contributed by atoms with Gasteiger partial charge in [-0.3, -0.25) is 9.69 Å². The third kappa shape index (κ3) is 3.09. The lowest BCUT2D eigenvalue weighted by molar-refractivity contribution is 0.0616.